The third-order valence-corrected chi connectivity index (χ3v) is 4.91. The van der Waals surface area contributed by atoms with Crippen LogP contribution >= 0.6 is 0 Å². The number of rotatable bonds is 2. The van der Waals surface area contributed by atoms with Crippen LogP contribution in [0.3, 0.4) is 0 Å². The Morgan fingerprint density at radius 3 is 2.78 bits per heavy atom. The highest BCUT2D eigenvalue weighted by molar-refractivity contribution is 5.89. The third-order valence-electron chi connectivity index (χ3n) is 4.91. The molecule has 0 unspecified atom stereocenters. The fourth-order valence-electron chi connectivity index (χ4n) is 3.50. The largest absolute Gasteiger partial charge is 0.441 e. The second-order valence-corrected chi connectivity index (χ2v) is 6.34. The zero-order valence-electron chi connectivity index (χ0n) is 12.8. The van der Waals surface area contributed by atoms with Gasteiger partial charge >= 0.3 is 6.09 Å². The van der Waals surface area contributed by atoms with Crippen molar-refractivity contribution in [1.29, 1.82) is 0 Å². The first-order valence-corrected chi connectivity index (χ1v) is 7.95. The van der Waals surface area contributed by atoms with Crippen LogP contribution in [0.4, 0.5) is 4.79 Å². The van der Waals surface area contributed by atoms with E-state index in [9.17, 15) is 9.59 Å². The lowest BCUT2D eigenvalue weighted by Crippen LogP contribution is -2.48. The Bertz CT molecular complexity index is 759. The minimum Gasteiger partial charge on any atom is -0.441 e. The zero-order valence-corrected chi connectivity index (χ0v) is 12.8. The number of hydrogen-bond acceptors (Lipinski definition) is 3. The smallest absolute Gasteiger partial charge is 0.407 e. The second-order valence-electron chi connectivity index (χ2n) is 6.34. The molecule has 2 N–H and O–H groups in total. The number of nitrogens with zero attached hydrogens (tertiary/aromatic N) is 1. The van der Waals surface area contributed by atoms with E-state index in [4.69, 9.17) is 4.74 Å². The molecule has 6 nitrogen and oxygen atoms in total. The number of H-pyrrole nitrogens is 1. The highest BCUT2D eigenvalue weighted by Crippen LogP contribution is 2.29. The lowest BCUT2D eigenvalue weighted by molar-refractivity contribution is -0.133. The van der Waals surface area contributed by atoms with Gasteiger partial charge in [0.05, 0.1) is 13.0 Å². The van der Waals surface area contributed by atoms with E-state index >= 15 is 0 Å². The quantitative estimate of drug-likeness (QED) is 0.888. The summed E-state index contributed by atoms with van der Waals surface area (Å²) in [5.41, 5.74) is 1.67. The van der Waals surface area contributed by atoms with Crippen LogP contribution in [0.1, 0.15) is 18.4 Å². The maximum absolute atomic E-state index is 12.6. The van der Waals surface area contributed by atoms with Gasteiger partial charge in [-0.3, -0.25) is 4.79 Å². The van der Waals surface area contributed by atoms with Gasteiger partial charge in [-0.25, -0.2) is 4.79 Å². The van der Waals surface area contributed by atoms with Gasteiger partial charge in [-0.15, -0.1) is 0 Å². The van der Waals surface area contributed by atoms with E-state index in [0.29, 0.717) is 38.9 Å². The summed E-state index contributed by atoms with van der Waals surface area (Å²) in [6.07, 6.45) is 3.37. The second kappa shape index (κ2) is 5.30. The topological polar surface area (TPSA) is 74.4 Å². The molecule has 2 saturated heterocycles. The van der Waals surface area contributed by atoms with Crippen molar-refractivity contribution in [2.45, 2.75) is 24.9 Å². The molecule has 2 aliphatic heterocycles. The van der Waals surface area contributed by atoms with Gasteiger partial charge in [0.1, 0.15) is 5.60 Å². The maximum atomic E-state index is 12.6. The van der Waals surface area contributed by atoms with Gasteiger partial charge in [-0.1, -0.05) is 18.2 Å². The average molecular weight is 313 g/mol. The normalized spacial score (nSPS) is 19.8. The van der Waals surface area contributed by atoms with Crippen LogP contribution in [0.5, 0.6) is 0 Å². The molecule has 2 amide bonds. The van der Waals surface area contributed by atoms with E-state index in [1.807, 2.05) is 35.4 Å². The molecule has 0 aliphatic carbocycles. The standard InChI is InChI=1S/C17H19N3O3/c21-15(9-12-10-18-14-4-2-1-3-13(12)14)20-7-5-17(6-8-20)11-19-16(22)23-17/h1-4,10,18H,5-9,11H2,(H,19,22). The highest BCUT2D eigenvalue weighted by atomic mass is 16.6. The van der Waals surface area contributed by atoms with E-state index < -0.39 is 5.60 Å². The monoisotopic (exact) mass is 313 g/mol. The van der Waals surface area contributed by atoms with Crippen molar-refractivity contribution in [2.24, 2.45) is 0 Å². The van der Waals surface area contributed by atoms with Crippen molar-refractivity contribution >= 4 is 22.9 Å². The van der Waals surface area contributed by atoms with E-state index in [2.05, 4.69) is 10.3 Å². The molecule has 0 radical (unpaired) electrons. The zero-order chi connectivity index (χ0) is 15.9. The van der Waals surface area contributed by atoms with Gasteiger partial charge in [-0.05, 0) is 11.6 Å². The average Bonchev–Trinajstić information content (AvgIpc) is 3.13. The number of carbonyl (C=O) groups is 2. The van der Waals surface area contributed by atoms with E-state index in [-0.39, 0.29) is 12.0 Å². The van der Waals surface area contributed by atoms with Crippen molar-refractivity contribution < 1.29 is 14.3 Å². The molecule has 23 heavy (non-hydrogen) atoms. The number of alkyl carbamates (subject to hydrolysis) is 1. The molecule has 6 heteroatoms. The molecule has 2 fully saturated rings. The molecule has 2 aliphatic rings. The summed E-state index contributed by atoms with van der Waals surface area (Å²) < 4.78 is 5.39. The number of para-hydroxylation sites is 1. The van der Waals surface area contributed by atoms with Gasteiger partial charge in [0.25, 0.3) is 0 Å². The van der Waals surface area contributed by atoms with E-state index in [1.54, 1.807) is 0 Å². The van der Waals surface area contributed by atoms with Gasteiger partial charge in [0, 0.05) is 43.0 Å². The lowest BCUT2D eigenvalue weighted by Gasteiger charge is -2.37. The Balaban J connectivity index is 1.41. The van der Waals surface area contributed by atoms with Gasteiger partial charge in [-0.2, -0.15) is 0 Å². The fourth-order valence-corrected chi connectivity index (χ4v) is 3.50. The van der Waals surface area contributed by atoms with Crippen LogP contribution in [-0.2, 0) is 16.0 Å². The predicted octanol–water partition coefficient (Wildman–Crippen LogP) is 1.81. The molecule has 1 aromatic carbocycles. The highest BCUT2D eigenvalue weighted by Gasteiger charge is 2.43. The number of fused-ring (bicyclic) bond motifs is 1. The summed E-state index contributed by atoms with van der Waals surface area (Å²) >= 11 is 0. The summed E-state index contributed by atoms with van der Waals surface area (Å²) in [6.45, 7) is 1.82. The number of aromatic amines is 1. The number of hydrogen-bond donors (Lipinski definition) is 2. The summed E-state index contributed by atoms with van der Waals surface area (Å²) in [7, 11) is 0. The SMILES string of the molecule is O=C1NCC2(CCN(C(=O)Cc3c[nH]c4ccccc34)CC2)O1. The molecule has 2 aromatic rings. The minimum atomic E-state index is -0.408. The Morgan fingerprint density at radius 2 is 2.04 bits per heavy atom. The molecule has 0 atom stereocenters. The van der Waals surface area contributed by atoms with Crippen LogP contribution in [0.2, 0.25) is 0 Å². The molecular weight excluding hydrogens is 294 g/mol. The van der Waals surface area contributed by atoms with E-state index in [0.717, 1.165) is 16.5 Å². The number of benzene rings is 1. The predicted molar refractivity (Wildman–Crippen MR) is 85.0 cm³/mol. The van der Waals surface area contributed by atoms with Gasteiger partial charge in [0.15, 0.2) is 0 Å². The number of amides is 2. The minimum absolute atomic E-state index is 0.127. The molecule has 1 spiro atoms. The van der Waals surface area contributed by atoms with Gasteiger partial charge < -0.3 is 19.9 Å². The fraction of sp³-hybridized carbons (Fsp3) is 0.412. The molecular formula is C17H19N3O3. The first-order valence-electron chi connectivity index (χ1n) is 7.95. The molecule has 3 heterocycles. The number of nitrogens with one attached hydrogen (secondary N) is 2. The Kier molecular flexibility index (Phi) is 3.25. The molecule has 120 valence electrons. The number of carbonyl (C=O) groups excluding carboxylic acids is 2. The van der Waals surface area contributed by atoms with Crippen molar-refractivity contribution in [2.75, 3.05) is 19.6 Å². The number of piperidine rings is 1. The number of likely N-dealkylation sites (tertiary alicyclic amines) is 1. The van der Waals surface area contributed by atoms with Crippen LogP contribution < -0.4 is 5.32 Å². The van der Waals surface area contributed by atoms with Crippen LogP contribution in [0, 0.1) is 0 Å². The van der Waals surface area contributed by atoms with Crippen molar-refractivity contribution in [1.82, 2.24) is 15.2 Å². The Labute approximate surface area is 133 Å². The summed E-state index contributed by atoms with van der Waals surface area (Å²) in [4.78, 5) is 28.9. The van der Waals surface area contributed by atoms with E-state index in [1.165, 1.54) is 0 Å². The first kappa shape index (κ1) is 14.1. The number of aromatic nitrogens is 1. The van der Waals surface area contributed by atoms with Gasteiger partial charge in [0.2, 0.25) is 5.91 Å². The van der Waals surface area contributed by atoms with Crippen LogP contribution in [-0.4, -0.2) is 47.1 Å². The Hall–Kier alpha value is -2.50. The van der Waals surface area contributed by atoms with Crippen molar-refractivity contribution in [3.8, 4) is 0 Å². The third kappa shape index (κ3) is 2.54. The molecule has 0 bridgehead atoms. The summed E-state index contributed by atoms with van der Waals surface area (Å²) in [5.74, 6) is 0.127. The maximum Gasteiger partial charge on any atom is 0.407 e. The number of ether oxygens (including phenoxy) is 1. The van der Waals surface area contributed by atoms with Crippen molar-refractivity contribution in [3.05, 3.63) is 36.0 Å². The van der Waals surface area contributed by atoms with Crippen LogP contribution in [0.25, 0.3) is 10.9 Å². The Morgan fingerprint density at radius 1 is 1.26 bits per heavy atom. The summed E-state index contributed by atoms with van der Waals surface area (Å²) in [5, 5.41) is 3.81. The van der Waals surface area contributed by atoms with Crippen molar-refractivity contribution in [3.63, 3.8) is 0 Å². The molecule has 0 saturated carbocycles. The van der Waals surface area contributed by atoms with Crippen LogP contribution in [0.15, 0.2) is 30.5 Å². The first-order chi connectivity index (χ1) is 11.2. The lowest BCUT2D eigenvalue weighted by atomic mass is 9.91. The molecule has 4 rings (SSSR count). The summed E-state index contributed by atoms with van der Waals surface area (Å²) in [6, 6.07) is 8.00. The molecule has 1 aromatic heterocycles.